The first-order chi connectivity index (χ1) is 16.4. The fourth-order valence-corrected chi connectivity index (χ4v) is 4.52. The van der Waals surface area contributed by atoms with Gasteiger partial charge in [-0.2, -0.15) is 0 Å². The van der Waals surface area contributed by atoms with Crippen molar-refractivity contribution < 1.29 is 33.4 Å². The molecular formula is C22H29FN3O8P. The number of phenols is 1. The zero-order valence-corrected chi connectivity index (χ0v) is 20.7. The van der Waals surface area contributed by atoms with Crippen LogP contribution < -0.4 is 15.9 Å². The molecule has 1 aromatic carbocycles. The van der Waals surface area contributed by atoms with Gasteiger partial charge >= 0.3 is 11.7 Å². The predicted octanol–water partition coefficient (Wildman–Crippen LogP) is 1.60. The van der Waals surface area contributed by atoms with Crippen molar-refractivity contribution in [2.45, 2.75) is 63.9 Å². The van der Waals surface area contributed by atoms with Crippen molar-refractivity contribution in [1.82, 2.24) is 9.55 Å². The molecule has 11 nitrogen and oxygen atoms in total. The summed E-state index contributed by atoms with van der Waals surface area (Å²) in [7, 11) is -0.537. The quantitative estimate of drug-likeness (QED) is 0.337. The normalized spacial score (nSPS) is 25.3. The lowest BCUT2D eigenvalue weighted by Gasteiger charge is -2.30. The molecule has 192 valence electrons. The Balaban J connectivity index is 1.75. The van der Waals surface area contributed by atoms with E-state index in [2.05, 4.69) is 0 Å². The molecule has 1 aliphatic rings. The SMILES string of the molecule is CC(C)OC(=O)[C@H](C)N(POCC1OC(n2ccc(=O)[nH]c2=O)[C@](C)(F)[C@@H]1O)c1ccccc1O. The minimum absolute atomic E-state index is 0.0845. The van der Waals surface area contributed by atoms with E-state index in [1.807, 2.05) is 4.98 Å². The van der Waals surface area contributed by atoms with Gasteiger partial charge in [-0.3, -0.25) is 14.3 Å². The number of hydrogen-bond donors (Lipinski definition) is 3. The molecule has 1 aliphatic heterocycles. The zero-order chi connectivity index (χ0) is 25.9. The zero-order valence-electron chi connectivity index (χ0n) is 19.7. The molecule has 1 fully saturated rings. The van der Waals surface area contributed by atoms with Crippen LogP contribution in [0, 0.1) is 0 Å². The monoisotopic (exact) mass is 513 g/mol. The largest absolute Gasteiger partial charge is 0.506 e. The Morgan fingerprint density at radius 2 is 2.00 bits per heavy atom. The number of esters is 1. The van der Waals surface area contributed by atoms with Crippen molar-refractivity contribution in [3.05, 3.63) is 57.4 Å². The summed E-state index contributed by atoms with van der Waals surface area (Å²) in [5.74, 6) is -0.621. The second kappa shape index (κ2) is 10.9. The first-order valence-electron chi connectivity index (χ1n) is 10.9. The van der Waals surface area contributed by atoms with Crippen LogP contribution in [0.3, 0.4) is 0 Å². The topological polar surface area (TPSA) is 143 Å². The van der Waals surface area contributed by atoms with Crippen LogP contribution in [-0.2, 0) is 18.8 Å². The molecule has 0 bridgehead atoms. The number of hydrogen-bond acceptors (Lipinski definition) is 9. The summed E-state index contributed by atoms with van der Waals surface area (Å²) in [6.45, 7) is 5.81. The number of para-hydroxylation sites is 2. The van der Waals surface area contributed by atoms with Crippen molar-refractivity contribution in [2.75, 3.05) is 11.3 Å². The van der Waals surface area contributed by atoms with Gasteiger partial charge in [0.25, 0.3) is 5.56 Å². The third-order valence-corrected chi connectivity index (χ3v) is 6.57. The molecule has 2 aromatic rings. The molecule has 0 radical (unpaired) electrons. The number of aliphatic hydroxyl groups is 1. The van der Waals surface area contributed by atoms with E-state index < -0.39 is 56.3 Å². The maximum absolute atomic E-state index is 15.4. The van der Waals surface area contributed by atoms with Crippen LogP contribution in [0.1, 0.15) is 33.9 Å². The lowest BCUT2D eigenvalue weighted by Crippen LogP contribution is -2.43. The van der Waals surface area contributed by atoms with Crippen LogP contribution in [0.5, 0.6) is 5.75 Å². The van der Waals surface area contributed by atoms with Crippen LogP contribution in [0.25, 0.3) is 0 Å². The van der Waals surface area contributed by atoms with Crippen molar-refractivity contribution >= 4 is 20.6 Å². The number of ether oxygens (including phenoxy) is 2. The highest BCUT2D eigenvalue weighted by Gasteiger charge is 2.55. The second-order valence-corrected chi connectivity index (χ2v) is 9.52. The van der Waals surface area contributed by atoms with E-state index in [4.69, 9.17) is 14.0 Å². The number of nitrogens with zero attached hydrogens (tertiary/aromatic N) is 2. The molecule has 6 atom stereocenters. The molecule has 0 saturated carbocycles. The van der Waals surface area contributed by atoms with Gasteiger partial charge in [0.15, 0.2) is 11.9 Å². The first kappa shape index (κ1) is 26.8. The fourth-order valence-electron chi connectivity index (χ4n) is 3.59. The molecule has 1 aromatic heterocycles. The van der Waals surface area contributed by atoms with Crippen molar-refractivity contribution in [1.29, 1.82) is 0 Å². The van der Waals surface area contributed by atoms with E-state index in [9.17, 15) is 24.6 Å². The van der Waals surface area contributed by atoms with Gasteiger partial charge in [0.1, 0.15) is 33.0 Å². The number of alkyl halides is 1. The summed E-state index contributed by atoms with van der Waals surface area (Å²) >= 11 is 0. The molecule has 3 unspecified atom stereocenters. The Bertz CT molecular complexity index is 1150. The number of halogens is 1. The van der Waals surface area contributed by atoms with Crippen LogP contribution in [0.4, 0.5) is 10.1 Å². The van der Waals surface area contributed by atoms with Crippen molar-refractivity contribution in [3.63, 3.8) is 0 Å². The number of carbonyl (C=O) groups is 1. The number of H-pyrrole nitrogens is 1. The Morgan fingerprint density at radius 3 is 2.63 bits per heavy atom. The molecule has 0 aliphatic carbocycles. The van der Waals surface area contributed by atoms with Gasteiger partial charge < -0.3 is 28.9 Å². The number of phenolic OH excluding ortho intramolecular Hbond substituents is 1. The van der Waals surface area contributed by atoms with E-state index in [1.54, 1.807) is 39.0 Å². The standard InChI is InChI=1S/C22H29FN3O8P/c1-12(2)33-19(30)13(3)26(14-7-5-6-8-15(14)27)35-32-11-16-18(29)22(4,23)20(34-16)25-10-9-17(28)24-21(25)31/h5-10,12-13,16,18,20,27,29,35H,11H2,1-4H3,(H,24,28,31)/t13-,16?,18+,20?,22+/m0/s1. The number of benzene rings is 1. The lowest BCUT2D eigenvalue weighted by molar-refractivity contribution is -0.148. The summed E-state index contributed by atoms with van der Waals surface area (Å²) in [4.78, 5) is 38.0. The summed E-state index contributed by atoms with van der Waals surface area (Å²) in [5, 5.41) is 20.8. The van der Waals surface area contributed by atoms with Gasteiger partial charge in [-0.1, -0.05) is 12.1 Å². The van der Waals surface area contributed by atoms with Crippen LogP contribution in [0.15, 0.2) is 46.1 Å². The van der Waals surface area contributed by atoms with Crippen LogP contribution in [-0.4, -0.2) is 62.4 Å². The minimum Gasteiger partial charge on any atom is -0.506 e. The average Bonchev–Trinajstić information content (AvgIpc) is 3.00. The Hall–Kier alpha value is -2.79. The molecule has 3 N–H and O–H groups in total. The van der Waals surface area contributed by atoms with Gasteiger partial charge in [-0.25, -0.2) is 14.0 Å². The number of aromatic amines is 1. The highest BCUT2D eigenvalue weighted by molar-refractivity contribution is 7.34. The predicted molar refractivity (Wildman–Crippen MR) is 126 cm³/mol. The van der Waals surface area contributed by atoms with E-state index in [1.165, 1.54) is 10.7 Å². The smallest absolute Gasteiger partial charge is 0.330 e. The molecule has 35 heavy (non-hydrogen) atoms. The van der Waals surface area contributed by atoms with Gasteiger partial charge in [0, 0.05) is 12.3 Å². The maximum Gasteiger partial charge on any atom is 0.330 e. The van der Waals surface area contributed by atoms with Crippen molar-refractivity contribution in [2.24, 2.45) is 0 Å². The van der Waals surface area contributed by atoms with Gasteiger partial charge in [0.2, 0.25) is 0 Å². The molecule has 3 rings (SSSR count). The third kappa shape index (κ3) is 5.90. The van der Waals surface area contributed by atoms with Crippen molar-refractivity contribution in [3.8, 4) is 5.75 Å². The number of aliphatic hydroxyl groups excluding tert-OH is 1. The number of rotatable bonds is 9. The maximum atomic E-state index is 15.4. The molecule has 1 saturated heterocycles. The van der Waals surface area contributed by atoms with Crippen LogP contribution >= 0.6 is 8.96 Å². The summed E-state index contributed by atoms with van der Waals surface area (Å²) in [5.41, 5.74) is -3.59. The number of nitrogens with one attached hydrogen (secondary N) is 1. The van der Waals surface area contributed by atoms with E-state index >= 15 is 4.39 Å². The molecular weight excluding hydrogens is 484 g/mol. The molecule has 13 heteroatoms. The van der Waals surface area contributed by atoms with Crippen LogP contribution in [0.2, 0.25) is 0 Å². The Labute approximate surface area is 202 Å². The number of aromatic nitrogens is 2. The molecule has 0 amide bonds. The van der Waals surface area contributed by atoms with E-state index in [0.29, 0.717) is 5.69 Å². The summed E-state index contributed by atoms with van der Waals surface area (Å²) in [6.07, 6.45) is -3.59. The molecule has 0 spiro atoms. The molecule has 2 heterocycles. The minimum atomic E-state index is -2.37. The second-order valence-electron chi connectivity index (χ2n) is 8.56. The van der Waals surface area contributed by atoms with Gasteiger partial charge in [-0.05, 0) is 39.8 Å². The average molecular weight is 513 g/mol. The third-order valence-electron chi connectivity index (χ3n) is 5.45. The highest BCUT2D eigenvalue weighted by Crippen LogP contribution is 2.42. The Morgan fingerprint density at radius 1 is 1.31 bits per heavy atom. The highest BCUT2D eigenvalue weighted by atomic mass is 31.1. The van der Waals surface area contributed by atoms with E-state index in [0.717, 1.165) is 23.8 Å². The van der Waals surface area contributed by atoms with Gasteiger partial charge in [-0.15, -0.1) is 0 Å². The summed E-state index contributed by atoms with van der Waals surface area (Å²) in [6, 6.07) is 6.57. The lowest BCUT2D eigenvalue weighted by atomic mass is 9.98. The van der Waals surface area contributed by atoms with Gasteiger partial charge in [0.05, 0.1) is 18.4 Å². The number of aromatic hydroxyl groups is 1. The first-order valence-corrected chi connectivity index (χ1v) is 11.8. The summed E-state index contributed by atoms with van der Waals surface area (Å²) < 4.78 is 34.3. The fraction of sp³-hybridized carbons (Fsp3) is 0.500. The number of anilines is 1. The number of carbonyl (C=O) groups excluding carboxylic acids is 1. The van der Waals surface area contributed by atoms with E-state index in [-0.39, 0.29) is 18.5 Å². The Kier molecular flexibility index (Phi) is 8.32.